The lowest BCUT2D eigenvalue weighted by Crippen LogP contribution is -2.05. The van der Waals surface area contributed by atoms with Gasteiger partial charge < -0.3 is 5.11 Å². The summed E-state index contributed by atoms with van der Waals surface area (Å²) >= 11 is 0. The van der Waals surface area contributed by atoms with Gasteiger partial charge in [-0.15, -0.1) is 0 Å². The summed E-state index contributed by atoms with van der Waals surface area (Å²) in [6, 6.07) is 3.15. The molecule has 0 unspecified atom stereocenters. The number of phenolic OH excluding ortho intramolecular Hbond substituents is 1. The van der Waals surface area contributed by atoms with E-state index in [1.54, 1.807) is 0 Å². The number of pyridine rings is 1. The SMILES string of the molecule is O=[N+]([O-])c1cc(/C=N\Nc2ccc(C(F)(F)F)cn2)c(O)c([N+](=O)[O-])c1. The van der Waals surface area contributed by atoms with E-state index in [1.165, 1.54) is 0 Å². The van der Waals surface area contributed by atoms with Crippen molar-refractivity contribution in [2.75, 3.05) is 5.43 Å². The first kappa shape index (κ1) is 18.6. The number of hydrazone groups is 1. The molecule has 0 saturated heterocycles. The molecule has 26 heavy (non-hydrogen) atoms. The largest absolute Gasteiger partial charge is 0.502 e. The Morgan fingerprint density at radius 1 is 1.19 bits per heavy atom. The van der Waals surface area contributed by atoms with E-state index < -0.39 is 38.7 Å². The van der Waals surface area contributed by atoms with Gasteiger partial charge in [0.1, 0.15) is 5.82 Å². The van der Waals surface area contributed by atoms with Gasteiger partial charge in [0.2, 0.25) is 5.75 Å². The molecule has 0 saturated carbocycles. The Bertz CT molecular complexity index is 883. The van der Waals surface area contributed by atoms with Gasteiger partial charge in [-0.25, -0.2) is 4.98 Å². The maximum Gasteiger partial charge on any atom is 0.417 e. The number of nitro benzene ring substituents is 2. The van der Waals surface area contributed by atoms with Crippen LogP contribution in [0.3, 0.4) is 0 Å². The third-order valence-corrected chi connectivity index (χ3v) is 2.99. The summed E-state index contributed by atoms with van der Waals surface area (Å²) in [6.45, 7) is 0. The van der Waals surface area contributed by atoms with Crippen LogP contribution in [0.5, 0.6) is 5.75 Å². The minimum absolute atomic E-state index is 0.0892. The summed E-state index contributed by atoms with van der Waals surface area (Å²) in [5, 5.41) is 34.9. The quantitative estimate of drug-likeness (QED) is 0.467. The van der Waals surface area contributed by atoms with Crippen LogP contribution in [0.4, 0.5) is 30.4 Å². The molecule has 0 aliphatic rings. The zero-order chi connectivity index (χ0) is 19.5. The Morgan fingerprint density at radius 3 is 2.38 bits per heavy atom. The van der Waals surface area contributed by atoms with Crippen LogP contribution < -0.4 is 5.43 Å². The average Bonchev–Trinajstić information content (AvgIpc) is 2.55. The predicted octanol–water partition coefficient (Wildman–Crippen LogP) is 3.07. The number of anilines is 1. The summed E-state index contributed by atoms with van der Waals surface area (Å²) in [5.74, 6) is -0.944. The molecule has 0 spiro atoms. The first-order chi connectivity index (χ1) is 12.1. The number of nitrogens with zero attached hydrogens (tertiary/aromatic N) is 4. The standard InChI is InChI=1S/C13H8F3N5O5/c14-13(15,16)8-1-2-11(17-6-8)19-18-5-7-3-9(20(23)24)4-10(12(7)22)21(25)26/h1-6,22H,(H,17,19)/b18-5-. The third kappa shape index (κ3) is 4.19. The van der Waals surface area contributed by atoms with Crippen molar-refractivity contribution in [3.63, 3.8) is 0 Å². The van der Waals surface area contributed by atoms with Gasteiger partial charge in [0.15, 0.2) is 0 Å². The van der Waals surface area contributed by atoms with Crippen LogP contribution in [-0.4, -0.2) is 26.2 Å². The lowest BCUT2D eigenvalue weighted by atomic mass is 10.1. The number of alkyl halides is 3. The van der Waals surface area contributed by atoms with Gasteiger partial charge in [0, 0.05) is 12.3 Å². The van der Waals surface area contributed by atoms with E-state index >= 15 is 0 Å². The highest BCUT2D eigenvalue weighted by molar-refractivity contribution is 5.87. The third-order valence-electron chi connectivity index (χ3n) is 2.99. The van der Waals surface area contributed by atoms with Crippen LogP contribution in [0.15, 0.2) is 35.6 Å². The summed E-state index contributed by atoms with van der Waals surface area (Å²) in [4.78, 5) is 23.2. The highest BCUT2D eigenvalue weighted by Crippen LogP contribution is 2.33. The number of rotatable bonds is 5. The van der Waals surface area contributed by atoms with Crippen molar-refractivity contribution in [3.8, 4) is 5.75 Å². The molecule has 0 aliphatic heterocycles. The Kier molecular flexibility index (Phi) is 5.00. The maximum absolute atomic E-state index is 12.4. The van der Waals surface area contributed by atoms with Crippen molar-refractivity contribution in [1.82, 2.24) is 4.98 Å². The van der Waals surface area contributed by atoms with Crippen LogP contribution >= 0.6 is 0 Å². The zero-order valence-electron chi connectivity index (χ0n) is 12.5. The number of hydrogen-bond acceptors (Lipinski definition) is 8. The summed E-state index contributed by atoms with van der Waals surface area (Å²) < 4.78 is 37.2. The van der Waals surface area contributed by atoms with E-state index in [9.17, 15) is 38.5 Å². The van der Waals surface area contributed by atoms with Gasteiger partial charge in [0.05, 0.1) is 33.3 Å². The van der Waals surface area contributed by atoms with Crippen molar-refractivity contribution in [2.45, 2.75) is 6.18 Å². The van der Waals surface area contributed by atoms with Gasteiger partial charge in [-0.2, -0.15) is 18.3 Å². The van der Waals surface area contributed by atoms with E-state index in [0.29, 0.717) is 12.3 Å². The van der Waals surface area contributed by atoms with Gasteiger partial charge in [0.25, 0.3) is 5.69 Å². The number of benzene rings is 1. The molecule has 10 nitrogen and oxygen atoms in total. The smallest absolute Gasteiger partial charge is 0.417 e. The molecule has 1 aromatic carbocycles. The van der Waals surface area contributed by atoms with E-state index in [-0.39, 0.29) is 11.4 Å². The van der Waals surface area contributed by atoms with Crippen LogP contribution in [-0.2, 0) is 6.18 Å². The minimum Gasteiger partial charge on any atom is -0.502 e. The van der Waals surface area contributed by atoms with Crippen molar-refractivity contribution in [3.05, 3.63) is 61.8 Å². The number of non-ortho nitro benzene ring substituents is 1. The molecular weight excluding hydrogens is 363 g/mol. The molecule has 13 heteroatoms. The summed E-state index contributed by atoms with van der Waals surface area (Å²) in [5.41, 5.74) is -0.623. The van der Waals surface area contributed by atoms with E-state index in [2.05, 4.69) is 15.5 Å². The molecule has 0 radical (unpaired) electrons. The lowest BCUT2D eigenvalue weighted by molar-refractivity contribution is -0.394. The number of aromatic hydroxyl groups is 1. The molecule has 2 aromatic rings. The molecular formula is C13H8F3N5O5. The van der Waals surface area contributed by atoms with Gasteiger partial charge >= 0.3 is 11.9 Å². The fourth-order valence-corrected chi connectivity index (χ4v) is 1.76. The van der Waals surface area contributed by atoms with Crippen molar-refractivity contribution in [2.24, 2.45) is 5.10 Å². The van der Waals surface area contributed by atoms with E-state index in [1.807, 2.05) is 0 Å². The van der Waals surface area contributed by atoms with Crippen LogP contribution in [0.2, 0.25) is 0 Å². The highest BCUT2D eigenvalue weighted by atomic mass is 19.4. The minimum atomic E-state index is -4.55. The monoisotopic (exact) mass is 371 g/mol. The number of nitro groups is 2. The molecule has 136 valence electrons. The molecule has 1 aromatic heterocycles. The zero-order valence-corrected chi connectivity index (χ0v) is 12.5. The number of aromatic nitrogens is 1. The maximum atomic E-state index is 12.4. The number of hydrogen-bond donors (Lipinski definition) is 2. The topological polar surface area (TPSA) is 144 Å². The number of halogens is 3. The normalized spacial score (nSPS) is 11.5. The Hall–Kier alpha value is -3.77. The van der Waals surface area contributed by atoms with Crippen molar-refractivity contribution >= 4 is 23.4 Å². The molecule has 0 amide bonds. The average molecular weight is 371 g/mol. The second kappa shape index (κ2) is 7.00. The molecule has 1 heterocycles. The number of nitrogens with one attached hydrogen (secondary N) is 1. The molecule has 0 atom stereocenters. The summed E-state index contributed by atoms with van der Waals surface area (Å²) in [7, 11) is 0. The fraction of sp³-hybridized carbons (Fsp3) is 0.0769. The van der Waals surface area contributed by atoms with Crippen LogP contribution in [0, 0.1) is 20.2 Å². The van der Waals surface area contributed by atoms with Crippen molar-refractivity contribution < 1.29 is 28.1 Å². The Labute approximate surface area is 141 Å². The molecule has 2 N–H and O–H groups in total. The Morgan fingerprint density at radius 2 is 1.88 bits per heavy atom. The molecule has 2 rings (SSSR count). The second-order valence-electron chi connectivity index (χ2n) is 4.72. The van der Waals surface area contributed by atoms with Gasteiger partial charge in [-0.05, 0) is 12.1 Å². The first-order valence-corrected chi connectivity index (χ1v) is 6.57. The fourth-order valence-electron chi connectivity index (χ4n) is 1.76. The first-order valence-electron chi connectivity index (χ1n) is 6.57. The molecule has 0 bridgehead atoms. The Balaban J connectivity index is 2.25. The molecule has 0 aliphatic carbocycles. The summed E-state index contributed by atoms with van der Waals surface area (Å²) in [6.07, 6.45) is -3.16. The number of phenols is 1. The highest BCUT2D eigenvalue weighted by Gasteiger charge is 2.30. The van der Waals surface area contributed by atoms with E-state index in [0.717, 1.165) is 24.4 Å². The van der Waals surface area contributed by atoms with E-state index in [4.69, 9.17) is 0 Å². The van der Waals surface area contributed by atoms with Crippen LogP contribution in [0.1, 0.15) is 11.1 Å². The van der Waals surface area contributed by atoms with Crippen molar-refractivity contribution in [1.29, 1.82) is 0 Å². The van der Waals surface area contributed by atoms with Crippen LogP contribution in [0.25, 0.3) is 0 Å². The van der Waals surface area contributed by atoms with Gasteiger partial charge in [-0.1, -0.05) is 0 Å². The van der Waals surface area contributed by atoms with Gasteiger partial charge in [-0.3, -0.25) is 25.7 Å². The second-order valence-corrected chi connectivity index (χ2v) is 4.72. The predicted molar refractivity (Wildman–Crippen MR) is 81.9 cm³/mol. The molecule has 0 fully saturated rings. The lowest BCUT2D eigenvalue weighted by Gasteiger charge is -2.06.